The van der Waals surface area contributed by atoms with Gasteiger partial charge in [-0.1, -0.05) is 141 Å². The molecule has 10 aromatic carbocycles. The van der Waals surface area contributed by atoms with Crippen molar-refractivity contribution in [3.8, 4) is 39.1 Å². The predicted octanol–water partition coefficient (Wildman–Crippen LogP) is 17.7. The molecule has 4 nitrogen and oxygen atoms in total. The van der Waals surface area contributed by atoms with Crippen molar-refractivity contribution in [1.29, 1.82) is 0 Å². The Morgan fingerprint density at radius 2 is 0.896 bits per heavy atom. The summed E-state index contributed by atoms with van der Waals surface area (Å²) in [5.41, 5.74) is 20.3. The van der Waals surface area contributed by atoms with Gasteiger partial charge in [-0.25, -0.2) is 0 Å². The van der Waals surface area contributed by atoms with Gasteiger partial charge >= 0.3 is 0 Å². The summed E-state index contributed by atoms with van der Waals surface area (Å²) in [7, 11) is 0. The summed E-state index contributed by atoms with van der Waals surface area (Å²) >= 11 is 0. The van der Waals surface area contributed by atoms with Crippen molar-refractivity contribution in [2.24, 2.45) is 0 Å². The van der Waals surface area contributed by atoms with Crippen molar-refractivity contribution >= 4 is 82.7 Å². The third-order valence-electron chi connectivity index (χ3n) is 14.4. The number of furan rings is 2. The van der Waals surface area contributed by atoms with E-state index in [4.69, 9.17) is 8.83 Å². The molecule has 0 amide bonds. The third-order valence-corrected chi connectivity index (χ3v) is 14.4. The second-order valence-electron chi connectivity index (χ2n) is 18.5. The maximum absolute atomic E-state index is 6.33. The minimum atomic E-state index is -0.123. The Balaban J connectivity index is 0.838. The van der Waals surface area contributed by atoms with Crippen LogP contribution < -0.4 is 4.90 Å². The number of fused-ring (bicyclic) bond motifs is 13. The highest BCUT2D eigenvalue weighted by atomic mass is 16.3. The smallest absolute Gasteiger partial charge is 0.136 e. The highest BCUT2D eigenvalue weighted by Crippen LogP contribution is 2.51. The van der Waals surface area contributed by atoms with E-state index in [0.717, 1.165) is 89.0 Å². The minimum absolute atomic E-state index is 0.123. The average molecular weight is 859 g/mol. The van der Waals surface area contributed by atoms with Crippen molar-refractivity contribution in [1.82, 2.24) is 4.57 Å². The van der Waals surface area contributed by atoms with Gasteiger partial charge in [0.2, 0.25) is 0 Å². The second kappa shape index (κ2) is 14.2. The average Bonchev–Trinajstić information content (AvgIpc) is 4.11. The molecule has 0 fully saturated rings. The van der Waals surface area contributed by atoms with Gasteiger partial charge in [-0.3, -0.25) is 0 Å². The summed E-state index contributed by atoms with van der Waals surface area (Å²) in [6.45, 7) is 4.70. The molecule has 0 spiro atoms. The van der Waals surface area contributed by atoms with Crippen molar-refractivity contribution in [2.75, 3.05) is 4.90 Å². The summed E-state index contributed by atoms with van der Waals surface area (Å²) < 4.78 is 14.9. The van der Waals surface area contributed by atoms with Gasteiger partial charge in [0, 0.05) is 60.5 Å². The van der Waals surface area contributed by atoms with Crippen LogP contribution in [0, 0.1) is 0 Å². The van der Waals surface area contributed by atoms with Crippen molar-refractivity contribution in [3.63, 3.8) is 0 Å². The lowest BCUT2D eigenvalue weighted by atomic mass is 9.82. The molecule has 1 aliphatic rings. The Labute approximate surface area is 387 Å². The van der Waals surface area contributed by atoms with E-state index < -0.39 is 0 Å². The topological polar surface area (TPSA) is 34.5 Å². The van der Waals surface area contributed by atoms with Gasteiger partial charge in [0.05, 0.1) is 11.0 Å². The monoisotopic (exact) mass is 858 g/mol. The number of hydrogen-bond donors (Lipinski definition) is 0. The highest BCUT2D eigenvalue weighted by Gasteiger charge is 2.35. The number of aromatic nitrogens is 1. The first-order chi connectivity index (χ1) is 33.0. The SMILES string of the molecule is CC1(C)c2ccccc2-c2ccc(N(c3ccc(-c4ccc(-n5c6ccccc6c6c7c(ccc65)oc5ccccc57)cc4)cc3)c3ccc(-c4ccc5oc6ccccc6c5c4)cc3)cc21. The van der Waals surface area contributed by atoms with Gasteiger partial charge in [0.25, 0.3) is 0 Å². The first-order valence-corrected chi connectivity index (χ1v) is 23.1. The first kappa shape index (κ1) is 37.7. The second-order valence-corrected chi connectivity index (χ2v) is 18.5. The summed E-state index contributed by atoms with van der Waals surface area (Å²) in [5.74, 6) is 0. The molecule has 316 valence electrons. The van der Waals surface area contributed by atoms with Crippen LogP contribution in [0.3, 0.4) is 0 Å². The molecule has 1 aliphatic carbocycles. The van der Waals surface area contributed by atoms with Gasteiger partial charge in [0.15, 0.2) is 0 Å². The van der Waals surface area contributed by atoms with Crippen LogP contribution in [-0.2, 0) is 5.41 Å². The summed E-state index contributed by atoms with van der Waals surface area (Å²) in [4.78, 5) is 2.39. The zero-order valence-corrected chi connectivity index (χ0v) is 37.0. The lowest BCUT2D eigenvalue weighted by Gasteiger charge is -2.28. The molecule has 0 atom stereocenters. The molecule has 0 bridgehead atoms. The fourth-order valence-electron chi connectivity index (χ4n) is 11.1. The largest absolute Gasteiger partial charge is 0.456 e. The van der Waals surface area contributed by atoms with Crippen LogP contribution in [0.1, 0.15) is 25.0 Å². The van der Waals surface area contributed by atoms with E-state index in [2.05, 4.69) is 224 Å². The fourth-order valence-corrected chi connectivity index (χ4v) is 11.1. The Morgan fingerprint density at radius 1 is 0.358 bits per heavy atom. The Morgan fingerprint density at radius 3 is 1.66 bits per heavy atom. The van der Waals surface area contributed by atoms with E-state index in [1.54, 1.807) is 0 Å². The number of nitrogens with zero attached hydrogens (tertiary/aromatic N) is 2. The van der Waals surface area contributed by atoms with Crippen molar-refractivity contribution < 1.29 is 8.83 Å². The predicted molar refractivity (Wildman–Crippen MR) is 278 cm³/mol. The van der Waals surface area contributed by atoms with Gasteiger partial charge in [0.1, 0.15) is 22.3 Å². The quantitative estimate of drug-likeness (QED) is 0.167. The lowest BCUT2D eigenvalue weighted by molar-refractivity contribution is 0.660. The van der Waals surface area contributed by atoms with E-state index in [1.165, 1.54) is 43.9 Å². The molecular weight excluding hydrogens is 817 g/mol. The van der Waals surface area contributed by atoms with Crippen LogP contribution in [0.15, 0.2) is 227 Å². The summed E-state index contributed by atoms with van der Waals surface area (Å²) in [6, 6.07) is 79.0. The van der Waals surface area contributed by atoms with Gasteiger partial charge < -0.3 is 18.3 Å². The molecule has 14 rings (SSSR count). The minimum Gasteiger partial charge on any atom is -0.456 e. The maximum Gasteiger partial charge on any atom is 0.136 e. The van der Waals surface area contributed by atoms with Crippen LogP contribution in [0.25, 0.3) is 105 Å². The van der Waals surface area contributed by atoms with Crippen LogP contribution in [0.2, 0.25) is 0 Å². The van der Waals surface area contributed by atoms with Crippen molar-refractivity contribution in [3.05, 3.63) is 230 Å². The number of rotatable bonds is 6. The molecule has 3 heterocycles. The van der Waals surface area contributed by atoms with E-state index >= 15 is 0 Å². The molecule has 0 radical (unpaired) electrons. The molecule has 0 saturated carbocycles. The van der Waals surface area contributed by atoms with Crippen molar-refractivity contribution in [2.45, 2.75) is 19.3 Å². The Hall–Kier alpha value is -8.60. The van der Waals surface area contributed by atoms with Crippen LogP contribution >= 0.6 is 0 Å². The van der Waals surface area contributed by atoms with Gasteiger partial charge in [-0.2, -0.15) is 0 Å². The van der Waals surface area contributed by atoms with E-state index in [0.29, 0.717) is 0 Å². The molecule has 3 aromatic heterocycles. The van der Waals surface area contributed by atoms with Gasteiger partial charge in [-0.05, 0) is 136 Å². The zero-order chi connectivity index (χ0) is 44.4. The van der Waals surface area contributed by atoms with E-state index in [9.17, 15) is 0 Å². The number of hydrogen-bond acceptors (Lipinski definition) is 3. The molecule has 0 N–H and O–H groups in total. The maximum atomic E-state index is 6.33. The molecular formula is C63H42N2O2. The summed E-state index contributed by atoms with van der Waals surface area (Å²) in [6.07, 6.45) is 0. The molecule has 13 aromatic rings. The number of anilines is 3. The van der Waals surface area contributed by atoms with E-state index in [-0.39, 0.29) is 5.41 Å². The highest BCUT2D eigenvalue weighted by molar-refractivity contribution is 6.27. The molecule has 67 heavy (non-hydrogen) atoms. The summed E-state index contributed by atoms with van der Waals surface area (Å²) in [5, 5.41) is 7.01. The Bertz CT molecular complexity index is 4110. The molecule has 4 heteroatoms. The molecule has 0 saturated heterocycles. The van der Waals surface area contributed by atoms with Crippen LogP contribution in [0.4, 0.5) is 17.1 Å². The number of para-hydroxylation sites is 3. The number of benzene rings is 10. The molecule has 0 aliphatic heterocycles. The van der Waals surface area contributed by atoms with Gasteiger partial charge in [-0.15, -0.1) is 0 Å². The first-order valence-electron chi connectivity index (χ1n) is 23.1. The van der Waals surface area contributed by atoms with Crippen LogP contribution in [0.5, 0.6) is 0 Å². The third kappa shape index (κ3) is 5.66. The fraction of sp³-hybridized carbons (Fsp3) is 0.0476. The normalized spacial score (nSPS) is 13.0. The van der Waals surface area contributed by atoms with Crippen LogP contribution in [-0.4, -0.2) is 4.57 Å². The molecule has 0 unspecified atom stereocenters. The standard InChI is InChI=1S/C63H42N2O2/c1-63(2)53-15-7-3-11-47(53)48-33-32-46(38-54(48)63)64(44-28-23-41(24-29-44)42-25-35-59-52(37-42)49-12-5-9-17-57(49)66-59)43-26-19-39(20-27-43)40-21-30-45(31-22-40)65-55-16-8-4-13-50(55)61-56(65)34-36-60-62(61)51-14-6-10-18-58(51)67-60/h3-38H,1-2H3. The van der Waals surface area contributed by atoms with E-state index in [1.807, 2.05) is 18.2 Å². The zero-order valence-electron chi connectivity index (χ0n) is 37.0. The Kier molecular flexibility index (Phi) is 8.00. The lowest BCUT2D eigenvalue weighted by Crippen LogP contribution is -2.16.